The molecule has 0 bridgehead atoms. The van der Waals surface area contributed by atoms with Gasteiger partial charge >= 0.3 is 0 Å². The second-order valence-corrected chi connectivity index (χ2v) is 2.32. The Hall–Kier alpha value is -0.770. The molecule has 1 rings (SSSR count). The van der Waals surface area contributed by atoms with Crippen molar-refractivity contribution < 1.29 is 0 Å². The van der Waals surface area contributed by atoms with E-state index in [0.29, 0.717) is 5.82 Å². The van der Waals surface area contributed by atoms with E-state index in [1.807, 2.05) is 6.26 Å². The van der Waals surface area contributed by atoms with Gasteiger partial charge in [-0.3, -0.25) is 0 Å². The third-order valence-electron chi connectivity index (χ3n) is 0.928. The average Bonchev–Trinajstić information content (AvgIpc) is 1.89. The molecule has 0 radical (unpaired) electrons. The molecule has 0 atom stereocenters. The van der Waals surface area contributed by atoms with E-state index in [1.165, 1.54) is 6.33 Å². The average molecular weight is 141 g/mol. The molecule has 1 aromatic rings. The topological polar surface area (TPSA) is 51.8 Å². The van der Waals surface area contributed by atoms with Crippen molar-refractivity contribution in [2.24, 2.45) is 0 Å². The van der Waals surface area contributed by atoms with E-state index >= 15 is 0 Å². The Morgan fingerprint density at radius 1 is 1.67 bits per heavy atom. The Balaban J connectivity index is 3.01. The molecule has 3 nitrogen and oxygen atoms in total. The summed E-state index contributed by atoms with van der Waals surface area (Å²) in [5, 5.41) is 0. The summed E-state index contributed by atoms with van der Waals surface area (Å²) < 4.78 is 0. The van der Waals surface area contributed by atoms with Crippen LogP contribution in [0.3, 0.4) is 0 Å². The summed E-state index contributed by atoms with van der Waals surface area (Å²) >= 11 is 1.55. The van der Waals surface area contributed by atoms with E-state index in [1.54, 1.807) is 18.0 Å². The van der Waals surface area contributed by atoms with Crippen LogP contribution in [0.5, 0.6) is 0 Å². The first-order valence-corrected chi connectivity index (χ1v) is 3.66. The molecule has 0 spiro atoms. The molecule has 0 saturated heterocycles. The predicted octanol–water partition coefficient (Wildman–Crippen LogP) is 0.781. The summed E-state index contributed by atoms with van der Waals surface area (Å²) in [7, 11) is 0. The van der Waals surface area contributed by atoms with Gasteiger partial charge in [0.05, 0.1) is 4.90 Å². The lowest BCUT2D eigenvalue weighted by Gasteiger charge is -1.95. The standard InChI is InChI=1S/C5H7N3S/c1-9-4-2-7-3-8-5(4)6/h2-3H,1H3,(H2,6,7,8). The molecule has 0 fully saturated rings. The molecule has 0 aromatic carbocycles. The highest BCUT2D eigenvalue weighted by Crippen LogP contribution is 2.17. The number of nitrogens with two attached hydrogens (primary N) is 1. The Morgan fingerprint density at radius 3 is 2.89 bits per heavy atom. The molecule has 0 saturated carbocycles. The van der Waals surface area contributed by atoms with Gasteiger partial charge in [-0.05, 0) is 6.26 Å². The molecule has 0 aliphatic carbocycles. The normalized spacial score (nSPS) is 9.44. The van der Waals surface area contributed by atoms with Crippen molar-refractivity contribution in [1.82, 2.24) is 9.97 Å². The summed E-state index contributed by atoms with van der Waals surface area (Å²) in [6.07, 6.45) is 5.08. The monoisotopic (exact) mass is 141 g/mol. The smallest absolute Gasteiger partial charge is 0.140 e. The summed E-state index contributed by atoms with van der Waals surface area (Å²) in [6.45, 7) is 0. The maximum atomic E-state index is 5.46. The van der Waals surface area contributed by atoms with Gasteiger partial charge in [-0.25, -0.2) is 9.97 Å². The van der Waals surface area contributed by atoms with Crippen LogP contribution in [0.4, 0.5) is 5.82 Å². The number of nitrogen functional groups attached to an aromatic ring is 1. The fraction of sp³-hybridized carbons (Fsp3) is 0.200. The maximum absolute atomic E-state index is 5.46. The Kier molecular flexibility index (Phi) is 1.89. The molecular weight excluding hydrogens is 134 g/mol. The van der Waals surface area contributed by atoms with Gasteiger partial charge in [0.1, 0.15) is 12.1 Å². The first kappa shape index (κ1) is 6.35. The van der Waals surface area contributed by atoms with Gasteiger partial charge in [0, 0.05) is 6.20 Å². The fourth-order valence-corrected chi connectivity index (χ4v) is 0.912. The zero-order chi connectivity index (χ0) is 6.69. The number of hydrogen-bond acceptors (Lipinski definition) is 4. The van der Waals surface area contributed by atoms with Crippen molar-refractivity contribution in [3.63, 3.8) is 0 Å². The van der Waals surface area contributed by atoms with Crippen molar-refractivity contribution in [2.45, 2.75) is 4.90 Å². The van der Waals surface area contributed by atoms with E-state index in [2.05, 4.69) is 9.97 Å². The van der Waals surface area contributed by atoms with Gasteiger partial charge < -0.3 is 5.73 Å². The highest BCUT2D eigenvalue weighted by atomic mass is 32.2. The quantitative estimate of drug-likeness (QED) is 0.587. The summed E-state index contributed by atoms with van der Waals surface area (Å²) in [4.78, 5) is 8.53. The molecule has 4 heteroatoms. The van der Waals surface area contributed by atoms with Crippen LogP contribution in [0, 0.1) is 0 Å². The molecule has 0 unspecified atom stereocenters. The van der Waals surface area contributed by atoms with Gasteiger partial charge in [0.25, 0.3) is 0 Å². The molecule has 9 heavy (non-hydrogen) atoms. The van der Waals surface area contributed by atoms with E-state index in [9.17, 15) is 0 Å². The molecule has 0 aliphatic heterocycles. The van der Waals surface area contributed by atoms with E-state index in [4.69, 9.17) is 5.73 Å². The first-order chi connectivity index (χ1) is 4.34. The predicted molar refractivity (Wildman–Crippen MR) is 38.2 cm³/mol. The molecule has 0 aliphatic rings. The summed E-state index contributed by atoms with van der Waals surface area (Å²) in [5.74, 6) is 0.553. The number of anilines is 1. The van der Waals surface area contributed by atoms with Crippen LogP contribution in [-0.2, 0) is 0 Å². The molecule has 1 heterocycles. The minimum Gasteiger partial charge on any atom is -0.383 e. The Bertz CT molecular complexity index is 201. The van der Waals surface area contributed by atoms with E-state index < -0.39 is 0 Å². The van der Waals surface area contributed by atoms with Crippen LogP contribution in [0.25, 0.3) is 0 Å². The van der Waals surface area contributed by atoms with E-state index in [0.717, 1.165) is 4.90 Å². The lowest BCUT2D eigenvalue weighted by atomic mass is 10.6. The molecule has 1 aromatic heterocycles. The second-order valence-electron chi connectivity index (χ2n) is 1.48. The second kappa shape index (κ2) is 2.68. The van der Waals surface area contributed by atoms with Crippen molar-refractivity contribution in [2.75, 3.05) is 12.0 Å². The van der Waals surface area contributed by atoms with Crippen LogP contribution in [0.2, 0.25) is 0 Å². The van der Waals surface area contributed by atoms with Crippen LogP contribution < -0.4 is 5.73 Å². The van der Waals surface area contributed by atoms with Crippen LogP contribution in [0.1, 0.15) is 0 Å². The highest BCUT2D eigenvalue weighted by Gasteiger charge is 1.93. The minimum absolute atomic E-state index is 0.553. The van der Waals surface area contributed by atoms with Gasteiger partial charge in [0.2, 0.25) is 0 Å². The largest absolute Gasteiger partial charge is 0.383 e. The zero-order valence-corrected chi connectivity index (χ0v) is 5.85. The Labute approximate surface area is 57.7 Å². The Morgan fingerprint density at radius 2 is 2.44 bits per heavy atom. The van der Waals surface area contributed by atoms with Crippen LogP contribution in [0.15, 0.2) is 17.4 Å². The van der Waals surface area contributed by atoms with E-state index in [-0.39, 0.29) is 0 Å². The molecule has 2 N–H and O–H groups in total. The SMILES string of the molecule is CSc1cncnc1N. The molecular formula is C5H7N3S. The highest BCUT2D eigenvalue weighted by molar-refractivity contribution is 7.98. The number of aromatic nitrogens is 2. The van der Waals surface area contributed by atoms with Crippen LogP contribution >= 0.6 is 11.8 Å². The summed E-state index contributed by atoms with van der Waals surface area (Å²) in [6, 6.07) is 0. The lowest BCUT2D eigenvalue weighted by Crippen LogP contribution is -1.92. The number of rotatable bonds is 1. The fourth-order valence-electron chi connectivity index (χ4n) is 0.484. The van der Waals surface area contributed by atoms with Crippen molar-refractivity contribution in [3.05, 3.63) is 12.5 Å². The van der Waals surface area contributed by atoms with Gasteiger partial charge in [-0.15, -0.1) is 11.8 Å². The van der Waals surface area contributed by atoms with Crippen molar-refractivity contribution in [1.29, 1.82) is 0 Å². The first-order valence-electron chi connectivity index (χ1n) is 2.44. The van der Waals surface area contributed by atoms with Crippen LogP contribution in [-0.4, -0.2) is 16.2 Å². The maximum Gasteiger partial charge on any atom is 0.140 e. The summed E-state index contributed by atoms with van der Waals surface area (Å²) in [5.41, 5.74) is 5.46. The number of thioether (sulfide) groups is 1. The lowest BCUT2D eigenvalue weighted by molar-refractivity contribution is 1.11. The minimum atomic E-state index is 0.553. The third-order valence-corrected chi connectivity index (χ3v) is 1.68. The zero-order valence-electron chi connectivity index (χ0n) is 5.03. The van der Waals surface area contributed by atoms with Gasteiger partial charge in [-0.1, -0.05) is 0 Å². The van der Waals surface area contributed by atoms with Gasteiger partial charge in [0.15, 0.2) is 0 Å². The number of hydrogen-bond donors (Lipinski definition) is 1. The van der Waals surface area contributed by atoms with Crippen molar-refractivity contribution in [3.8, 4) is 0 Å². The molecule has 0 amide bonds. The van der Waals surface area contributed by atoms with Crippen molar-refractivity contribution >= 4 is 17.6 Å². The third kappa shape index (κ3) is 1.32. The molecule has 48 valence electrons. The van der Waals surface area contributed by atoms with Gasteiger partial charge in [-0.2, -0.15) is 0 Å². The number of nitrogens with zero attached hydrogens (tertiary/aromatic N) is 2.